The van der Waals surface area contributed by atoms with Gasteiger partial charge in [0.05, 0.1) is 4.92 Å². The molecular formula is C16H17NO3. The van der Waals surface area contributed by atoms with Gasteiger partial charge in [-0.3, -0.25) is 10.1 Å². The summed E-state index contributed by atoms with van der Waals surface area (Å²) in [5.41, 5.74) is 2.66. The molecule has 0 aromatic heterocycles. The van der Waals surface area contributed by atoms with Crippen molar-refractivity contribution in [3.05, 3.63) is 75.3 Å². The minimum Gasteiger partial charge on any atom is -0.384 e. The molecule has 20 heavy (non-hydrogen) atoms. The van der Waals surface area contributed by atoms with Gasteiger partial charge in [0, 0.05) is 12.1 Å². The summed E-state index contributed by atoms with van der Waals surface area (Å²) in [6.45, 7) is 4.23. The van der Waals surface area contributed by atoms with Gasteiger partial charge in [0.15, 0.2) is 0 Å². The van der Waals surface area contributed by atoms with Crippen LogP contribution in [0.3, 0.4) is 0 Å². The summed E-state index contributed by atoms with van der Waals surface area (Å²) in [6.07, 6.45) is -0.767. The molecule has 0 saturated carbocycles. The van der Waals surface area contributed by atoms with Crippen molar-refractivity contribution in [2.75, 3.05) is 0 Å². The molecule has 0 amide bonds. The zero-order valence-electron chi connectivity index (χ0n) is 11.5. The number of aliphatic hydroxyl groups is 1. The fourth-order valence-electron chi connectivity index (χ4n) is 2.03. The first-order valence-corrected chi connectivity index (χ1v) is 6.51. The standard InChI is InChI=1S/C16H17NO3/c1-11(2)12-3-5-13(6-4-12)16(18)14-7-9-15(10-8-14)17(19)20/h3-11,16,18H,1-2H3. The van der Waals surface area contributed by atoms with E-state index in [1.807, 2.05) is 24.3 Å². The van der Waals surface area contributed by atoms with Crippen LogP contribution in [0.1, 0.15) is 42.6 Å². The van der Waals surface area contributed by atoms with E-state index in [1.165, 1.54) is 17.7 Å². The van der Waals surface area contributed by atoms with Gasteiger partial charge in [0.25, 0.3) is 5.69 Å². The van der Waals surface area contributed by atoms with Crippen molar-refractivity contribution in [2.45, 2.75) is 25.9 Å². The van der Waals surface area contributed by atoms with Crippen molar-refractivity contribution >= 4 is 5.69 Å². The van der Waals surface area contributed by atoms with Crippen LogP contribution in [-0.2, 0) is 0 Å². The van der Waals surface area contributed by atoms with Crippen LogP contribution in [-0.4, -0.2) is 10.0 Å². The van der Waals surface area contributed by atoms with Gasteiger partial charge in [0.2, 0.25) is 0 Å². The molecule has 1 unspecified atom stereocenters. The minimum absolute atomic E-state index is 0.0242. The highest BCUT2D eigenvalue weighted by molar-refractivity contribution is 5.38. The van der Waals surface area contributed by atoms with Crippen molar-refractivity contribution in [3.8, 4) is 0 Å². The van der Waals surface area contributed by atoms with Gasteiger partial charge >= 0.3 is 0 Å². The molecule has 1 N–H and O–H groups in total. The molecule has 0 radical (unpaired) electrons. The maximum atomic E-state index is 10.6. The fraction of sp³-hybridized carbons (Fsp3) is 0.250. The second kappa shape index (κ2) is 5.84. The number of benzene rings is 2. The zero-order valence-corrected chi connectivity index (χ0v) is 11.5. The minimum atomic E-state index is -0.767. The third kappa shape index (κ3) is 3.03. The first-order chi connectivity index (χ1) is 9.49. The van der Waals surface area contributed by atoms with E-state index < -0.39 is 11.0 Å². The molecule has 2 rings (SSSR count). The Kier molecular flexibility index (Phi) is 4.15. The van der Waals surface area contributed by atoms with Gasteiger partial charge in [0.1, 0.15) is 6.10 Å². The van der Waals surface area contributed by atoms with Crippen molar-refractivity contribution in [2.24, 2.45) is 0 Å². The summed E-state index contributed by atoms with van der Waals surface area (Å²) >= 11 is 0. The Morgan fingerprint density at radius 3 is 1.70 bits per heavy atom. The first kappa shape index (κ1) is 14.2. The van der Waals surface area contributed by atoms with Crippen LogP contribution in [0.15, 0.2) is 48.5 Å². The molecule has 104 valence electrons. The number of aliphatic hydroxyl groups excluding tert-OH is 1. The Morgan fingerprint density at radius 1 is 0.900 bits per heavy atom. The van der Waals surface area contributed by atoms with E-state index in [-0.39, 0.29) is 5.69 Å². The summed E-state index contributed by atoms with van der Waals surface area (Å²) in [6, 6.07) is 13.7. The van der Waals surface area contributed by atoms with E-state index >= 15 is 0 Å². The number of hydrogen-bond acceptors (Lipinski definition) is 3. The largest absolute Gasteiger partial charge is 0.384 e. The molecule has 0 saturated heterocycles. The molecule has 4 heteroatoms. The van der Waals surface area contributed by atoms with Crippen LogP contribution >= 0.6 is 0 Å². The van der Waals surface area contributed by atoms with Crippen LogP contribution in [0.4, 0.5) is 5.69 Å². The molecule has 0 fully saturated rings. The lowest BCUT2D eigenvalue weighted by Gasteiger charge is -2.13. The van der Waals surface area contributed by atoms with Crippen LogP contribution in [0.5, 0.6) is 0 Å². The molecule has 1 atom stereocenters. The van der Waals surface area contributed by atoms with Crippen LogP contribution < -0.4 is 0 Å². The Morgan fingerprint density at radius 2 is 1.30 bits per heavy atom. The second-order valence-electron chi connectivity index (χ2n) is 5.07. The number of nitrogens with zero attached hydrogens (tertiary/aromatic N) is 1. The summed E-state index contributed by atoms with van der Waals surface area (Å²) in [7, 11) is 0. The maximum absolute atomic E-state index is 10.6. The Hall–Kier alpha value is -2.20. The smallest absolute Gasteiger partial charge is 0.269 e. The summed E-state index contributed by atoms with van der Waals surface area (Å²) in [5.74, 6) is 0.445. The number of hydrogen-bond donors (Lipinski definition) is 1. The van der Waals surface area contributed by atoms with Gasteiger partial charge in [-0.2, -0.15) is 0 Å². The molecule has 2 aromatic carbocycles. The highest BCUT2D eigenvalue weighted by atomic mass is 16.6. The van der Waals surface area contributed by atoms with Gasteiger partial charge in [-0.25, -0.2) is 0 Å². The van der Waals surface area contributed by atoms with Gasteiger partial charge < -0.3 is 5.11 Å². The van der Waals surface area contributed by atoms with E-state index in [4.69, 9.17) is 0 Å². The van der Waals surface area contributed by atoms with Gasteiger partial charge in [-0.1, -0.05) is 38.1 Å². The number of nitro benzene ring substituents is 1. The molecule has 0 aliphatic rings. The number of non-ortho nitro benzene ring substituents is 1. The molecular weight excluding hydrogens is 254 g/mol. The average Bonchev–Trinajstić information content (AvgIpc) is 2.46. The Balaban J connectivity index is 2.21. The lowest BCUT2D eigenvalue weighted by atomic mass is 9.97. The van der Waals surface area contributed by atoms with E-state index in [0.29, 0.717) is 11.5 Å². The topological polar surface area (TPSA) is 63.4 Å². The van der Waals surface area contributed by atoms with Gasteiger partial charge in [-0.05, 0) is 34.7 Å². The molecule has 0 aliphatic carbocycles. The second-order valence-corrected chi connectivity index (χ2v) is 5.07. The number of nitro groups is 1. The third-order valence-corrected chi connectivity index (χ3v) is 3.34. The summed E-state index contributed by atoms with van der Waals surface area (Å²) < 4.78 is 0. The molecule has 4 nitrogen and oxygen atoms in total. The lowest BCUT2D eigenvalue weighted by molar-refractivity contribution is -0.384. The lowest BCUT2D eigenvalue weighted by Crippen LogP contribution is -2.00. The average molecular weight is 271 g/mol. The van der Waals surface area contributed by atoms with Crippen LogP contribution in [0.25, 0.3) is 0 Å². The summed E-state index contributed by atoms with van der Waals surface area (Å²) in [5, 5.41) is 20.9. The third-order valence-electron chi connectivity index (χ3n) is 3.34. The fourth-order valence-corrected chi connectivity index (χ4v) is 2.03. The van der Waals surface area contributed by atoms with Crippen LogP contribution in [0.2, 0.25) is 0 Å². The van der Waals surface area contributed by atoms with Crippen LogP contribution in [0, 0.1) is 10.1 Å². The van der Waals surface area contributed by atoms with Crippen molar-refractivity contribution < 1.29 is 10.0 Å². The SMILES string of the molecule is CC(C)c1ccc(C(O)c2ccc([N+](=O)[O-])cc2)cc1. The Labute approximate surface area is 117 Å². The zero-order chi connectivity index (χ0) is 14.7. The molecule has 0 bridgehead atoms. The highest BCUT2D eigenvalue weighted by Gasteiger charge is 2.12. The van der Waals surface area contributed by atoms with E-state index in [1.54, 1.807) is 12.1 Å². The molecule has 0 spiro atoms. The van der Waals surface area contributed by atoms with Crippen molar-refractivity contribution in [1.29, 1.82) is 0 Å². The van der Waals surface area contributed by atoms with Crippen molar-refractivity contribution in [1.82, 2.24) is 0 Å². The monoisotopic (exact) mass is 271 g/mol. The Bertz CT molecular complexity index is 588. The van der Waals surface area contributed by atoms with Gasteiger partial charge in [-0.15, -0.1) is 0 Å². The van der Waals surface area contributed by atoms with E-state index in [2.05, 4.69) is 13.8 Å². The molecule has 0 aliphatic heterocycles. The predicted molar refractivity (Wildman–Crippen MR) is 77.7 cm³/mol. The molecule has 0 heterocycles. The van der Waals surface area contributed by atoms with E-state index in [0.717, 1.165) is 5.56 Å². The number of rotatable bonds is 4. The highest BCUT2D eigenvalue weighted by Crippen LogP contribution is 2.25. The first-order valence-electron chi connectivity index (χ1n) is 6.51. The molecule has 2 aromatic rings. The van der Waals surface area contributed by atoms with E-state index in [9.17, 15) is 15.2 Å². The summed E-state index contributed by atoms with van der Waals surface area (Å²) in [4.78, 5) is 10.1. The quantitative estimate of drug-likeness (QED) is 0.679. The predicted octanol–water partition coefficient (Wildman–Crippen LogP) is 3.80. The normalized spacial score (nSPS) is 12.4. The van der Waals surface area contributed by atoms with Crippen molar-refractivity contribution in [3.63, 3.8) is 0 Å². The maximum Gasteiger partial charge on any atom is 0.269 e.